The van der Waals surface area contributed by atoms with Gasteiger partial charge in [-0.3, -0.25) is 4.79 Å². The van der Waals surface area contributed by atoms with Crippen LogP contribution in [0.1, 0.15) is 19.4 Å². The van der Waals surface area contributed by atoms with E-state index >= 15 is 0 Å². The second kappa shape index (κ2) is 5.39. The average molecular weight is 224 g/mol. The van der Waals surface area contributed by atoms with Crippen molar-refractivity contribution in [2.75, 3.05) is 6.61 Å². The Kier molecular flexibility index (Phi) is 4.17. The van der Waals surface area contributed by atoms with E-state index in [4.69, 9.17) is 9.84 Å². The topological polar surface area (TPSA) is 66.8 Å². The number of ether oxygens (including phenoxy) is 1. The van der Waals surface area contributed by atoms with Gasteiger partial charge in [-0.25, -0.2) is 0 Å². The van der Waals surface area contributed by atoms with E-state index in [0.717, 1.165) is 0 Å². The molecule has 16 heavy (non-hydrogen) atoms. The fraction of sp³-hybridized carbons (Fsp3) is 0.417. The number of rotatable bonds is 5. The molecule has 4 nitrogen and oxygen atoms in total. The fourth-order valence-corrected chi connectivity index (χ4v) is 1.22. The summed E-state index contributed by atoms with van der Waals surface area (Å²) in [5, 5.41) is 18.1. The first-order valence-corrected chi connectivity index (χ1v) is 5.15. The van der Waals surface area contributed by atoms with Crippen molar-refractivity contribution in [2.24, 2.45) is 5.92 Å². The second-order valence-corrected chi connectivity index (χ2v) is 4.07. The Morgan fingerprint density at radius 2 is 2.12 bits per heavy atom. The summed E-state index contributed by atoms with van der Waals surface area (Å²) >= 11 is 0. The minimum Gasteiger partial charge on any atom is -0.508 e. The SMILES string of the molecule is CC(C)COc1ccc(O)c(CC(=O)O)c1. The standard InChI is InChI=1S/C12H16O4/c1-8(2)7-16-10-3-4-11(13)9(5-10)6-12(14)15/h3-5,8,13H,6-7H2,1-2H3,(H,14,15). The number of carbonyl (C=O) groups is 1. The molecule has 2 N–H and O–H groups in total. The second-order valence-electron chi connectivity index (χ2n) is 4.07. The van der Waals surface area contributed by atoms with Gasteiger partial charge in [0.15, 0.2) is 0 Å². The maximum Gasteiger partial charge on any atom is 0.307 e. The third-order valence-electron chi connectivity index (χ3n) is 1.98. The number of carboxylic acids is 1. The van der Waals surface area contributed by atoms with Gasteiger partial charge in [-0.15, -0.1) is 0 Å². The summed E-state index contributed by atoms with van der Waals surface area (Å²) in [6.45, 7) is 4.62. The van der Waals surface area contributed by atoms with Crippen molar-refractivity contribution in [1.29, 1.82) is 0 Å². The molecule has 0 amide bonds. The van der Waals surface area contributed by atoms with Crippen molar-refractivity contribution < 1.29 is 19.7 Å². The first-order chi connectivity index (χ1) is 7.49. The van der Waals surface area contributed by atoms with E-state index in [9.17, 15) is 9.90 Å². The van der Waals surface area contributed by atoms with Crippen molar-refractivity contribution >= 4 is 5.97 Å². The van der Waals surface area contributed by atoms with Gasteiger partial charge in [0.05, 0.1) is 13.0 Å². The number of phenolic OH excluding ortho intramolecular Hbond substituents is 1. The van der Waals surface area contributed by atoms with Crippen LogP contribution in [0, 0.1) is 5.92 Å². The van der Waals surface area contributed by atoms with E-state index in [0.29, 0.717) is 23.8 Å². The predicted octanol–water partition coefficient (Wildman–Crippen LogP) is 2.05. The Labute approximate surface area is 94.5 Å². The van der Waals surface area contributed by atoms with Crippen LogP contribution in [0.2, 0.25) is 0 Å². The zero-order valence-corrected chi connectivity index (χ0v) is 9.43. The summed E-state index contributed by atoms with van der Waals surface area (Å²) in [6.07, 6.45) is -0.204. The quantitative estimate of drug-likeness (QED) is 0.803. The molecule has 1 aromatic carbocycles. The highest BCUT2D eigenvalue weighted by Gasteiger charge is 2.08. The van der Waals surface area contributed by atoms with Crippen LogP contribution in [0.25, 0.3) is 0 Å². The monoisotopic (exact) mass is 224 g/mol. The summed E-state index contributed by atoms with van der Waals surface area (Å²) in [5.41, 5.74) is 0.369. The predicted molar refractivity (Wildman–Crippen MR) is 59.8 cm³/mol. The molecule has 1 rings (SSSR count). The molecule has 1 aromatic rings. The zero-order valence-electron chi connectivity index (χ0n) is 9.43. The van der Waals surface area contributed by atoms with E-state index in [1.165, 1.54) is 6.07 Å². The molecule has 0 saturated heterocycles. The van der Waals surface area contributed by atoms with E-state index in [2.05, 4.69) is 0 Å². The fourth-order valence-electron chi connectivity index (χ4n) is 1.22. The molecular formula is C12H16O4. The number of hydrogen-bond donors (Lipinski definition) is 2. The lowest BCUT2D eigenvalue weighted by molar-refractivity contribution is -0.136. The summed E-state index contributed by atoms with van der Waals surface area (Å²) in [6, 6.07) is 4.64. The molecule has 4 heteroatoms. The van der Waals surface area contributed by atoms with Crippen LogP contribution in [0.4, 0.5) is 0 Å². The van der Waals surface area contributed by atoms with Crippen LogP contribution in [0.5, 0.6) is 11.5 Å². The molecule has 0 spiro atoms. The van der Waals surface area contributed by atoms with Crippen LogP contribution in [-0.2, 0) is 11.2 Å². The van der Waals surface area contributed by atoms with Gasteiger partial charge in [-0.1, -0.05) is 13.8 Å². The van der Waals surface area contributed by atoms with Crippen LogP contribution < -0.4 is 4.74 Å². The van der Waals surface area contributed by atoms with Gasteiger partial charge < -0.3 is 14.9 Å². The Bertz CT molecular complexity index is 371. The van der Waals surface area contributed by atoms with Gasteiger partial charge in [0.25, 0.3) is 0 Å². The van der Waals surface area contributed by atoms with Crippen molar-refractivity contribution in [3.8, 4) is 11.5 Å². The van der Waals surface area contributed by atoms with Crippen LogP contribution >= 0.6 is 0 Å². The summed E-state index contributed by atoms with van der Waals surface area (Å²) in [5.74, 6) is -0.00455. The maximum atomic E-state index is 10.5. The highest BCUT2D eigenvalue weighted by Crippen LogP contribution is 2.23. The Balaban J connectivity index is 2.76. The molecule has 0 bridgehead atoms. The van der Waals surface area contributed by atoms with Gasteiger partial charge in [0.2, 0.25) is 0 Å². The first kappa shape index (κ1) is 12.4. The molecule has 0 aliphatic heterocycles. The Morgan fingerprint density at radius 1 is 1.44 bits per heavy atom. The van der Waals surface area contributed by atoms with Gasteiger partial charge in [-0.2, -0.15) is 0 Å². The molecule has 0 fully saturated rings. The van der Waals surface area contributed by atoms with E-state index < -0.39 is 5.97 Å². The minimum absolute atomic E-state index is 0.0145. The van der Waals surface area contributed by atoms with Crippen molar-refractivity contribution in [3.05, 3.63) is 23.8 Å². The summed E-state index contributed by atoms with van der Waals surface area (Å²) < 4.78 is 5.44. The third kappa shape index (κ3) is 3.81. The molecule has 0 aliphatic carbocycles. The molecule has 0 heterocycles. The normalized spacial score (nSPS) is 10.4. The molecule has 0 aromatic heterocycles. The van der Waals surface area contributed by atoms with Crippen LogP contribution in [-0.4, -0.2) is 22.8 Å². The van der Waals surface area contributed by atoms with Crippen molar-refractivity contribution in [1.82, 2.24) is 0 Å². The molecule has 0 unspecified atom stereocenters. The number of phenols is 1. The first-order valence-electron chi connectivity index (χ1n) is 5.15. The largest absolute Gasteiger partial charge is 0.508 e. The molecule has 0 aliphatic rings. The van der Waals surface area contributed by atoms with Crippen molar-refractivity contribution in [2.45, 2.75) is 20.3 Å². The van der Waals surface area contributed by atoms with Gasteiger partial charge in [0.1, 0.15) is 11.5 Å². The lowest BCUT2D eigenvalue weighted by Crippen LogP contribution is -2.05. The molecule has 0 atom stereocenters. The Morgan fingerprint density at radius 3 is 2.69 bits per heavy atom. The molecule has 0 radical (unpaired) electrons. The summed E-state index contributed by atoms with van der Waals surface area (Å²) in [7, 11) is 0. The number of carboxylic acid groups (broad SMARTS) is 1. The lowest BCUT2D eigenvalue weighted by atomic mass is 10.1. The van der Waals surface area contributed by atoms with E-state index in [-0.39, 0.29) is 12.2 Å². The van der Waals surface area contributed by atoms with Crippen molar-refractivity contribution in [3.63, 3.8) is 0 Å². The maximum absolute atomic E-state index is 10.5. The summed E-state index contributed by atoms with van der Waals surface area (Å²) in [4.78, 5) is 10.5. The van der Waals surface area contributed by atoms with Crippen LogP contribution in [0.15, 0.2) is 18.2 Å². The smallest absolute Gasteiger partial charge is 0.307 e. The van der Waals surface area contributed by atoms with E-state index in [1.807, 2.05) is 13.8 Å². The van der Waals surface area contributed by atoms with Crippen LogP contribution in [0.3, 0.4) is 0 Å². The van der Waals surface area contributed by atoms with Gasteiger partial charge >= 0.3 is 5.97 Å². The average Bonchev–Trinajstić information content (AvgIpc) is 2.18. The highest BCUT2D eigenvalue weighted by atomic mass is 16.5. The number of aliphatic carboxylic acids is 1. The third-order valence-corrected chi connectivity index (χ3v) is 1.98. The van der Waals surface area contributed by atoms with Gasteiger partial charge in [-0.05, 0) is 24.1 Å². The molecular weight excluding hydrogens is 208 g/mol. The Hall–Kier alpha value is -1.71. The van der Waals surface area contributed by atoms with Gasteiger partial charge in [0, 0.05) is 5.56 Å². The minimum atomic E-state index is -0.976. The van der Waals surface area contributed by atoms with E-state index in [1.54, 1.807) is 12.1 Å². The number of aromatic hydroxyl groups is 1. The highest BCUT2D eigenvalue weighted by molar-refractivity contribution is 5.71. The lowest BCUT2D eigenvalue weighted by Gasteiger charge is -2.10. The number of benzene rings is 1. The number of hydrogen-bond acceptors (Lipinski definition) is 3. The zero-order chi connectivity index (χ0) is 12.1. The molecule has 0 saturated carbocycles. The molecule has 88 valence electrons.